The SMILES string of the molecule is N[C@@H]1CCCN(Cc2ccccc2Br)C1. The molecule has 1 fully saturated rings. The lowest BCUT2D eigenvalue weighted by Crippen LogP contribution is -2.42. The zero-order valence-electron chi connectivity index (χ0n) is 8.82. The summed E-state index contributed by atoms with van der Waals surface area (Å²) in [5, 5.41) is 0. The largest absolute Gasteiger partial charge is 0.327 e. The summed E-state index contributed by atoms with van der Waals surface area (Å²) in [4.78, 5) is 2.44. The third-order valence-electron chi connectivity index (χ3n) is 2.89. The Morgan fingerprint density at radius 1 is 1.40 bits per heavy atom. The van der Waals surface area contributed by atoms with Crippen LogP contribution in [-0.2, 0) is 6.54 Å². The van der Waals surface area contributed by atoms with E-state index < -0.39 is 0 Å². The third-order valence-corrected chi connectivity index (χ3v) is 3.67. The van der Waals surface area contributed by atoms with Gasteiger partial charge in [-0.15, -0.1) is 0 Å². The number of halogens is 1. The van der Waals surface area contributed by atoms with Gasteiger partial charge in [0, 0.05) is 23.6 Å². The fraction of sp³-hybridized carbons (Fsp3) is 0.500. The van der Waals surface area contributed by atoms with Crippen molar-refractivity contribution in [2.75, 3.05) is 13.1 Å². The molecule has 0 aliphatic carbocycles. The Bertz CT molecular complexity index is 327. The highest BCUT2D eigenvalue weighted by atomic mass is 79.9. The maximum Gasteiger partial charge on any atom is 0.0245 e. The predicted octanol–water partition coefficient (Wildman–Crippen LogP) is 2.37. The number of nitrogens with zero attached hydrogens (tertiary/aromatic N) is 1. The minimum Gasteiger partial charge on any atom is -0.327 e. The molecule has 0 aromatic heterocycles. The third kappa shape index (κ3) is 3.03. The molecule has 2 N–H and O–H groups in total. The summed E-state index contributed by atoms with van der Waals surface area (Å²) in [6.45, 7) is 3.21. The van der Waals surface area contributed by atoms with Crippen LogP contribution in [0, 0.1) is 0 Å². The lowest BCUT2D eigenvalue weighted by atomic mass is 10.1. The molecule has 1 aromatic rings. The molecule has 0 saturated carbocycles. The fourth-order valence-corrected chi connectivity index (χ4v) is 2.51. The smallest absolute Gasteiger partial charge is 0.0245 e. The standard InChI is InChI=1S/C12H17BrN2/c13-12-6-2-1-4-10(12)8-15-7-3-5-11(14)9-15/h1-2,4,6,11H,3,5,7-9,14H2/t11-/m1/s1. The highest BCUT2D eigenvalue weighted by Gasteiger charge is 2.16. The molecule has 3 heteroatoms. The van der Waals surface area contributed by atoms with Crippen LogP contribution in [-0.4, -0.2) is 24.0 Å². The van der Waals surface area contributed by atoms with Gasteiger partial charge in [-0.05, 0) is 31.0 Å². The second kappa shape index (κ2) is 5.10. The molecule has 0 amide bonds. The van der Waals surface area contributed by atoms with Crippen LogP contribution in [0.5, 0.6) is 0 Å². The van der Waals surface area contributed by atoms with E-state index in [4.69, 9.17) is 5.73 Å². The Morgan fingerprint density at radius 3 is 2.93 bits per heavy atom. The molecule has 0 radical (unpaired) electrons. The van der Waals surface area contributed by atoms with Gasteiger partial charge >= 0.3 is 0 Å². The first-order chi connectivity index (χ1) is 7.25. The topological polar surface area (TPSA) is 29.3 Å². The highest BCUT2D eigenvalue weighted by Crippen LogP contribution is 2.19. The van der Waals surface area contributed by atoms with E-state index in [0.29, 0.717) is 6.04 Å². The lowest BCUT2D eigenvalue weighted by molar-refractivity contribution is 0.201. The summed E-state index contributed by atoms with van der Waals surface area (Å²) in [5.74, 6) is 0. The van der Waals surface area contributed by atoms with Crippen molar-refractivity contribution < 1.29 is 0 Å². The summed E-state index contributed by atoms with van der Waals surface area (Å²) in [5.41, 5.74) is 7.32. The molecule has 1 aliphatic heterocycles. The normalized spacial score (nSPS) is 22.9. The van der Waals surface area contributed by atoms with Gasteiger partial charge in [0.15, 0.2) is 0 Å². The van der Waals surface area contributed by atoms with Crippen LogP contribution in [0.3, 0.4) is 0 Å². The van der Waals surface area contributed by atoms with E-state index in [1.807, 2.05) is 0 Å². The predicted molar refractivity (Wildman–Crippen MR) is 66.6 cm³/mol. The second-order valence-electron chi connectivity index (χ2n) is 4.23. The van der Waals surface area contributed by atoms with E-state index >= 15 is 0 Å². The van der Waals surface area contributed by atoms with E-state index in [-0.39, 0.29) is 0 Å². The van der Waals surface area contributed by atoms with Crippen LogP contribution in [0.1, 0.15) is 18.4 Å². The molecular weight excluding hydrogens is 252 g/mol. The Balaban J connectivity index is 1.99. The van der Waals surface area contributed by atoms with Gasteiger partial charge < -0.3 is 5.73 Å². The van der Waals surface area contributed by atoms with E-state index in [1.54, 1.807) is 0 Å². The summed E-state index contributed by atoms with van der Waals surface area (Å²) in [6.07, 6.45) is 2.40. The molecule has 1 heterocycles. The molecule has 82 valence electrons. The summed E-state index contributed by atoms with van der Waals surface area (Å²) in [6, 6.07) is 8.77. The zero-order valence-corrected chi connectivity index (χ0v) is 10.4. The Kier molecular flexibility index (Phi) is 3.78. The van der Waals surface area contributed by atoms with Crippen LogP contribution < -0.4 is 5.73 Å². The van der Waals surface area contributed by atoms with E-state index in [2.05, 4.69) is 45.1 Å². The van der Waals surface area contributed by atoms with Crippen molar-refractivity contribution in [1.82, 2.24) is 4.90 Å². The number of rotatable bonds is 2. The molecule has 15 heavy (non-hydrogen) atoms. The molecule has 1 aliphatic rings. The van der Waals surface area contributed by atoms with Gasteiger partial charge in [0.1, 0.15) is 0 Å². The minimum atomic E-state index is 0.362. The first-order valence-corrected chi connectivity index (χ1v) is 6.26. The van der Waals surface area contributed by atoms with Crippen molar-refractivity contribution in [2.24, 2.45) is 5.73 Å². The number of hydrogen-bond acceptors (Lipinski definition) is 2. The van der Waals surface area contributed by atoms with Crippen LogP contribution in [0.4, 0.5) is 0 Å². The highest BCUT2D eigenvalue weighted by molar-refractivity contribution is 9.10. The number of benzene rings is 1. The Labute approximate surface area is 99.6 Å². The fourth-order valence-electron chi connectivity index (χ4n) is 2.10. The number of nitrogens with two attached hydrogens (primary N) is 1. The number of likely N-dealkylation sites (tertiary alicyclic amines) is 1. The quantitative estimate of drug-likeness (QED) is 0.893. The molecule has 1 saturated heterocycles. The molecular formula is C12H17BrN2. The van der Waals surface area contributed by atoms with Crippen LogP contribution in [0.2, 0.25) is 0 Å². The van der Waals surface area contributed by atoms with Gasteiger partial charge in [-0.1, -0.05) is 34.1 Å². The van der Waals surface area contributed by atoms with Crippen molar-refractivity contribution in [3.05, 3.63) is 34.3 Å². The molecule has 1 atom stereocenters. The summed E-state index contributed by atoms with van der Waals surface area (Å²) >= 11 is 3.58. The molecule has 0 unspecified atom stereocenters. The molecule has 2 nitrogen and oxygen atoms in total. The first-order valence-electron chi connectivity index (χ1n) is 5.47. The van der Waals surface area contributed by atoms with Crippen LogP contribution >= 0.6 is 15.9 Å². The van der Waals surface area contributed by atoms with Crippen molar-refractivity contribution >= 4 is 15.9 Å². The van der Waals surface area contributed by atoms with Crippen molar-refractivity contribution in [1.29, 1.82) is 0 Å². The van der Waals surface area contributed by atoms with Gasteiger partial charge in [0.25, 0.3) is 0 Å². The van der Waals surface area contributed by atoms with E-state index in [9.17, 15) is 0 Å². The number of piperidine rings is 1. The van der Waals surface area contributed by atoms with Crippen molar-refractivity contribution in [3.63, 3.8) is 0 Å². The molecule has 1 aromatic carbocycles. The van der Waals surface area contributed by atoms with Gasteiger partial charge in [-0.25, -0.2) is 0 Å². The van der Waals surface area contributed by atoms with Gasteiger partial charge in [-0.3, -0.25) is 4.90 Å². The van der Waals surface area contributed by atoms with E-state index in [0.717, 1.165) is 13.1 Å². The second-order valence-corrected chi connectivity index (χ2v) is 5.08. The average molecular weight is 269 g/mol. The van der Waals surface area contributed by atoms with Crippen LogP contribution in [0.25, 0.3) is 0 Å². The van der Waals surface area contributed by atoms with Crippen molar-refractivity contribution in [3.8, 4) is 0 Å². The summed E-state index contributed by atoms with van der Waals surface area (Å²) < 4.78 is 1.20. The van der Waals surface area contributed by atoms with Crippen molar-refractivity contribution in [2.45, 2.75) is 25.4 Å². The number of hydrogen-bond donors (Lipinski definition) is 1. The van der Waals surface area contributed by atoms with Crippen LogP contribution in [0.15, 0.2) is 28.7 Å². The molecule has 2 rings (SSSR count). The Hall–Kier alpha value is -0.380. The maximum atomic E-state index is 5.96. The van der Waals surface area contributed by atoms with Gasteiger partial charge in [0.2, 0.25) is 0 Å². The lowest BCUT2D eigenvalue weighted by Gasteiger charge is -2.30. The maximum absolute atomic E-state index is 5.96. The average Bonchev–Trinajstić information content (AvgIpc) is 2.22. The monoisotopic (exact) mass is 268 g/mol. The Morgan fingerprint density at radius 2 is 2.20 bits per heavy atom. The van der Waals surface area contributed by atoms with E-state index in [1.165, 1.54) is 29.4 Å². The van der Waals surface area contributed by atoms with Gasteiger partial charge in [-0.2, -0.15) is 0 Å². The molecule has 0 spiro atoms. The summed E-state index contributed by atoms with van der Waals surface area (Å²) in [7, 11) is 0. The zero-order chi connectivity index (χ0) is 10.7. The van der Waals surface area contributed by atoms with Gasteiger partial charge in [0.05, 0.1) is 0 Å². The minimum absolute atomic E-state index is 0.362. The molecule has 0 bridgehead atoms. The first kappa shape index (κ1) is 11.1.